The molecule has 0 saturated carbocycles. The number of fused-ring (bicyclic) bond motifs is 2. The number of pyridine rings is 1. The predicted molar refractivity (Wildman–Crippen MR) is 62.4 cm³/mol. The van der Waals surface area contributed by atoms with Crippen molar-refractivity contribution in [3.8, 4) is 0 Å². The SMILES string of the molecule is Cc1c2c(nc3ncsc13)CCNCC2. The number of rotatable bonds is 0. The van der Waals surface area contributed by atoms with Gasteiger partial charge in [-0.2, -0.15) is 0 Å². The standard InChI is InChI=1S/C11H13N3S/c1-7-8-2-4-12-5-3-9(8)14-11-10(7)15-6-13-11/h6,12H,2-5H2,1H3. The zero-order chi connectivity index (χ0) is 10.3. The molecule has 3 rings (SSSR count). The van der Waals surface area contributed by atoms with Crippen LogP contribution in [0.1, 0.15) is 16.8 Å². The van der Waals surface area contributed by atoms with Gasteiger partial charge in [0.05, 0.1) is 10.2 Å². The number of aromatic nitrogens is 2. The van der Waals surface area contributed by atoms with Crippen molar-refractivity contribution in [2.75, 3.05) is 13.1 Å². The summed E-state index contributed by atoms with van der Waals surface area (Å²) in [7, 11) is 0. The van der Waals surface area contributed by atoms with E-state index in [-0.39, 0.29) is 0 Å². The van der Waals surface area contributed by atoms with E-state index in [9.17, 15) is 0 Å². The molecule has 2 aromatic heterocycles. The number of aryl methyl sites for hydroxylation is 1. The summed E-state index contributed by atoms with van der Waals surface area (Å²) in [6, 6.07) is 0. The van der Waals surface area contributed by atoms with Crippen LogP contribution in [-0.2, 0) is 12.8 Å². The molecule has 2 aromatic rings. The highest BCUT2D eigenvalue weighted by Gasteiger charge is 2.15. The van der Waals surface area contributed by atoms with Crippen LogP contribution < -0.4 is 5.32 Å². The van der Waals surface area contributed by atoms with Gasteiger partial charge >= 0.3 is 0 Å². The fourth-order valence-electron chi connectivity index (χ4n) is 2.21. The molecule has 15 heavy (non-hydrogen) atoms. The molecule has 0 unspecified atom stereocenters. The van der Waals surface area contributed by atoms with Gasteiger partial charge in [0.1, 0.15) is 0 Å². The van der Waals surface area contributed by atoms with Gasteiger partial charge in [0, 0.05) is 18.7 Å². The first kappa shape index (κ1) is 9.24. The Balaban J connectivity index is 2.28. The molecule has 4 heteroatoms. The number of hydrogen-bond donors (Lipinski definition) is 1. The van der Waals surface area contributed by atoms with Crippen LogP contribution in [0.25, 0.3) is 10.3 Å². The van der Waals surface area contributed by atoms with Crippen LogP contribution in [0.4, 0.5) is 0 Å². The highest BCUT2D eigenvalue weighted by Crippen LogP contribution is 2.26. The summed E-state index contributed by atoms with van der Waals surface area (Å²) in [6.07, 6.45) is 2.13. The van der Waals surface area contributed by atoms with Crippen molar-refractivity contribution in [2.45, 2.75) is 19.8 Å². The van der Waals surface area contributed by atoms with Crippen molar-refractivity contribution in [1.82, 2.24) is 15.3 Å². The molecule has 78 valence electrons. The average Bonchev–Trinajstić information content (AvgIpc) is 2.56. The fourth-order valence-corrected chi connectivity index (χ4v) is 2.97. The molecule has 0 aromatic carbocycles. The third-order valence-electron chi connectivity index (χ3n) is 3.02. The lowest BCUT2D eigenvalue weighted by atomic mass is 10.0. The van der Waals surface area contributed by atoms with Crippen molar-refractivity contribution in [3.05, 3.63) is 22.3 Å². The van der Waals surface area contributed by atoms with Crippen LogP contribution >= 0.6 is 11.3 Å². The number of hydrogen-bond acceptors (Lipinski definition) is 4. The average molecular weight is 219 g/mol. The Morgan fingerprint density at radius 2 is 2.20 bits per heavy atom. The molecular weight excluding hydrogens is 206 g/mol. The zero-order valence-corrected chi connectivity index (χ0v) is 9.52. The topological polar surface area (TPSA) is 37.8 Å². The first-order valence-corrected chi connectivity index (χ1v) is 6.16. The Bertz CT molecular complexity index is 504. The van der Waals surface area contributed by atoms with Crippen LogP contribution in [-0.4, -0.2) is 23.1 Å². The third kappa shape index (κ3) is 1.44. The normalized spacial score (nSPS) is 16.3. The Hall–Kier alpha value is -1.00. The second-order valence-electron chi connectivity index (χ2n) is 3.92. The van der Waals surface area contributed by atoms with E-state index in [1.54, 1.807) is 11.3 Å². The van der Waals surface area contributed by atoms with Gasteiger partial charge in [-0.1, -0.05) is 0 Å². The molecule has 3 nitrogen and oxygen atoms in total. The van der Waals surface area contributed by atoms with E-state index in [0.717, 1.165) is 31.6 Å². The minimum atomic E-state index is 0.929. The van der Waals surface area contributed by atoms with Crippen molar-refractivity contribution in [2.24, 2.45) is 0 Å². The quantitative estimate of drug-likeness (QED) is 0.732. The lowest BCUT2D eigenvalue weighted by molar-refractivity contribution is 0.708. The highest BCUT2D eigenvalue weighted by atomic mass is 32.1. The van der Waals surface area contributed by atoms with E-state index >= 15 is 0 Å². The summed E-state index contributed by atoms with van der Waals surface area (Å²) in [4.78, 5) is 8.96. The predicted octanol–water partition coefficient (Wildman–Crippen LogP) is 1.69. The summed E-state index contributed by atoms with van der Waals surface area (Å²) < 4.78 is 1.26. The molecule has 1 aliphatic heterocycles. The van der Waals surface area contributed by atoms with Crippen molar-refractivity contribution >= 4 is 21.7 Å². The highest BCUT2D eigenvalue weighted by molar-refractivity contribution is 7.16. The first-order valence-electron chi connectivity index (χ1n) is 5.28. The van der Waals surface area contributed by atoms with Gasteiger partial charge in [-0.15, -0.1) is 11.3 Å². The van der Waals surface area contributed by atoms with E-state index < -0.39 is 0 Å². The van der Waals surface area contributed by atoms with Crippen LogP contribution in [0.15, 0.2) is 5.51 Å². The molecule has 1 N–H and O–H groups in total. The molecule has 1 aliphatic rings. The molecule has 0 fully saturated rings. The lowest BCUT2D eigenvalue weighted by Crippen LogP contribution is -2.16. The lowest BCUT2D eigenvalue weighted by Gasteiger charge is -2.08. The smallest absolute Gasteiger partial charge is 0.170 e. The largest absolute Gasteiger partial charge is 0.316 e. The number of nitrogens with one attached hydrogen (secondary N) is 1. The van der Waals surface area contributed by atoms with Crippen LogP contribution in [0.3, 0.4) is 0 Å². The van der Waals surface area contributed by atoms with E-state index in [4.69, 9.17) is 0 Å². The summed E-state index contributed by atoms with van der Waals surface area (Å²) in [6.45, 7) is 4.31. The summed E-state index contributed by atoms with van der Waals surface area (Å²) in [5.74, 6) is 0. The maximum absolute atomic E-state index is 4.66. The second-order valence-corrected chi connectivity index (χ2v) is 4.77. The molecule has 0 bridgehead atoms. The van der Waals surface area contributed by atoms with Gasteiger partial charge < -0.3 is 5.32 Å². The Labute approximate surface area is 92.6 Å². The summed E-state index contributed by atoms with van der Waals surface area (Å²) in [5.41, 5.74) is 6.90. The molecule has 0 amide bonds. The molecule has 0 atom stereocenters. The molecule has 0 saturated heterocycles. The number of nitrogens with zero attached hydrogens (tertiary/aromatic N) is 2. The van der Waals surface area contributed by atoms with Gasteiger partial charge in [-0.05, 0) is 31.0 Å². The fraction of sp³-hybridized carbons (Fsp3) is 0.455. The maximum Gasteiger partial charge on any atom is 0.170 e. The van der Waals surface area contributed by atoms with Crippen molar-refractivity contribution in [1.29, 1.82) is 0 Å². The molecule has 0 radical (unpaired) electrons. The Morgan fingerprint density at radius 3 is 3.13 bits per heavy atom. The first-order chi connectivity index (χ1) is 7.36. The second kappa shape index (κ2) is 3.54. The van der Waals surface area contributed by atoms with E-state index in [2.05, 4.69) is 22.2 Å². The van der Waals surface area contributed by atoms with Gasteiger partial charge in [0.25, 0.3) is 0 Å². The van der Waals surface area contributed by atoms with Crippen LogP contribution in [0, 0.1) is 6.92 Å². The van der Waals surface area contributed by atoms with Gasteiger partial charge in [-0.25, -0.2) is 9.97 Å². The minimum Gasteiger partial charge on any atom is -0.316 e. The van der Waals surface area contributed by atoms with Gasteiger partial charge in [0.15, 0.2) is 5.65 Å². The van der Waals surface area contributed by atoms with E-state index in [1.165, 1.54) is 21.5 Å². The minimum absolute atomic E-state index is 0.929. The number of thiazole rings is 1. The van der Waals surface area contributed by atoms with Crippen molar-refractivity contribution < 1.29 is 0 Å². The summed E-state index contributed by atoms with van der Waals surface area (Å²) >= 11 is 1.70. The molecule has 0 aliphatic carbocycles. The van der Waals surface area contributed by atoms with E-state index in [0.29, 0.717) is 0 Å². The Kier molecular flexibility index (Phi) is 2.18. The third-order valence-corrected chi connectivity index (χ3v) is 3.96. The zero-order valence-electron chi connectivity index (χ0n) is 8.71. The van der Waals surface area contributed by atoms with Crippen molar-refractivity contribution in [3.63, 3.8) is 0 Å². The molecular formula is C11H13N3S. The van der Waals surface area contributed by atoms with Gasteiger partial charge in [0.2, 0.25) is 0 Å². The van der Waals surface area contributed by atoms with Gasteiger partial charge in [-0.3, -0.25) is 0 Å². The summed E-state index contributed by atoms with van der Waals surface area (Å²) in [5, 5.41) is 3.41. The van der Waals surface area contributed by atoms with Crippen LogP contribution in [0.2, 0.25) is 0 Å². The maximum atomic E-state index is 4.66. The Morgan fingerprint density at radius 1 is 1.33 bits per heavy atom. The van der Waals surface area contributed by atoms with E-state index in [1.807, 2.05) is 5.51 Å². The molecule has 0 spiro atoms. The van der Waals surface area contributed by atoms with Crippen LogP contribution in [0.5, 0.6) is 0 Å². The monoisotopic (exact) mass is 219 g/mol. The molecule has 3 heterocycles.